The van der Waals surface area contributed by atoms with Crippen molar-refractivity contribution >= 4 is 0 Å². The van der Waals surface area contributed by atoms with E-state index in [-0.39, 0.29) is 0 Å². The molecule has 0 saturated carbocycles. The van der Waals surface area contributed by atoms with Gasteiger partial charge in [-0.05, 0) is 24.5 Å². The van der Waals surface area contributed by atoms with Crippen molar-refractivity contribution in [2.24, 2.45) is 0 Å². The molecule has 0 atom stereocenters. The number of nitrogens with zero attached hydrogens (tertiary/aromatic N) is 1. The van der Waals surface area contributed by atoms with Gasteiger partial charge >= 0.3 is 0 Å². The molecule has 0 spiro atoms. The predicted octanol–water partition coefficient (Wildman–Crippen LogP) is 4.38. The average Bonchev–Trinajstić information content (AvgIpc) is 2.70. The molecule has 0 saturated heterocycles. The lowest BCUT2D eigenvalue weighted by Crippen LogP contribution is -2.38. The van der Waals surface area contributed by atoms with Gasteiger partial charge in [0.05, 0.1) is 0 Å². The molecule has 126 valence electrons. The molecule has 0 unspecified atom stereocenters. The Balaban J connectivity index is 1.71. The molecule has 1 aromatic heterocycles. The van der Waals surface area contributed by atoms with Crippen LogP contribution in [0.5, 0.6) is 0 Å². The van der Waals surface area contributed by atoms with Crippen molar-refractivity contribution < 1.29 is 4.57 Å². The molecule has 0 aliphatic rings. The minimum atomic E-state index is 0.768. The molecule has 1 heteroatoms. The third kappa shape index (κ3) is 4.85. The monoisotopic (exact) mass is 336 g/mol. The van der Waals surface area contributed by atoms with Crippen molar-refractivity contribution in [3.05, 3.63) is 101 Å². The Hall–Kier alpha value is -3.29. The maximum atomic E-state index is 5.69. The summed E-state index contributed by atoms with van der Waals surface area (Å²) < 4.78 is 2.13. The molecule has 3 rings (SSSR count). The Bertz CT molecular complexity index is 938. The summed E-state index contributed by atoms with van der Waals surface area (Å²) in [5.41, 5.74) is 4.36. The van der Waals surface area contributed by atoms with E-state index in [2.05, 4.69) is 70.9 Å². The highest BCUT2D eigenvalue weighted by Gasteiger charge is 2.13. The standard InChI is InChI=1S/C25H22N/c1-2-24-18-12-20-26(21-23-16-9-4-10-17-23)25(24)19-11-5-8-15-22-13-6-3-7-14-22/h1,3-4,6-7,9-10,12-14,16-18,20H,5,8,15,21H2/q+1. The molecular weight excluding hydrogens is 314 g/mol. The zero-order valence-corrected chi connectivity index (χ0v) is 14.9. The van der Waals surface area contributed by atoms with Crippen LogP contribution in [0.25, 0.3) is 0 Å². The molecule has 0 amide bonds. The van der Waals surface area contributed by atoms with Gasteiger partial charge in [0.25, 0.3) is 5.69 Å². The van der Waals surface area contributed by atoms with Crippen LogP contribution in [0.1, 0.15) is 35.2 Å². The topological polar surface area (TPSA) is 3.88 Å². The molecule has 1 nitrogen and oxygen atoms in total. The molecule has 0 radical (unpaired) electrons. The van der Waals surface area contributed by atoms with Crippen LogP contribution in [0.15, 0.2) is 79.0 Å². The normalized spacial score (nSPS) is 9.81. The van der Waals surface area contributed by atoms with E-state index in [1.165, 1.54) is 11.1 Å². The van der Waals surface area contributed by atoms with Crippen LogP contribution in [0.3, 0.4) is 0 Å². The number of benzene rings is 2. The van der Waals surface area contributed by atoms with E-state index in [9.17, 15) is 0 Å². The van der Waals surface area contributed by atoms with Crippen LogP contribution >= 0.6 is 0 Å². The summed E-state index contributed by atoms with van der Waals surface area (Å²) in [4.78, 5) is 0. The number of aryl methyl sites for hydroxylation is 1. The quantitative estimate of drug-likeness (QED) is 0.370. The fourth-order valence-electron chi connectivity index (χ4n) is 2.89. The summed E-state index contributed by atoms with van der Waals surface area (Å²) in [6.07, 6.45) is 10.7. The van der Waals surface area contributed by atoms with Crippen LogP contribution in [-0.2, 0) is 13.0 Å². The van der Waals surface area contributed by atoms with Gasteiger partial charge in [-0.15, -0.1) is 6.42 Å². The minimum absolute atomic E-state index is 0.768. The highest BCUT2D eigenvalue weighted by molar-refractivity contribution is 5.42. The smallest absolute Gasteiger partial charge is 0.186 e. The molecule has 1 heterocycles. The first kappa shape index (κ1) is 17.5. The van der Waals surface area contributed by atoms with E-state index in [4.69, 9.17) is 6.42 Å². The zero-order chi connectivity index (χ0) is 18.0. The maximum Gasteiger partial charge on any atom is 0.272 e. The van der Waals surface area contributed by atoms with Crippen LogP contribution in [0.4, 0.5) is 0 Å². The van der Waals surface area contributed by atoms with Crippen molar-refractivity contribution in [3.63, 3.8) is 0 Å². The summed E-state index contributed by atoms with van der Waals surface area (Å²) in [6, 6.07) is 24.8. The van der Waals surface area contributed by atoms with Gasteiger partial charge in [0.15, 0.2) is 12.7 Å². The predicted molar refractivity (Wildman–Crippen MR) is 106 cm³/mol. The lowest BCUT2D eigenvalue weighted by atomic mass is 10.1. The average molecular weight is 336 g/mol. The fraction of sp³-hybridized carbons (Fsp3) is 0.160. The summed E-state index contributed by atoms with van der Waals surface area (Å²) in [5.74, 6) is 9.38. The molecule has 0 aliphatic carbocycles. The van der Waals surface area contributed by atoms with E-state index in [0.717, 1.165) is 37.1 Å². The lowest BCUT2D eigenvalue weighted by Gasteiger charge is -2.02. The number of aromatic nitrogens is 1. The minimum Gasteiger partial charge on any atom is -0.186 e. The molecule has 0 N–H and O–H groups in total. The molecule has 3 aromatic rings. The molecule has 26 heavy (non-hydrogen) atoms. The summed E-state index contributed by atoms with van der Waals surface area (Å²) in [5, 5.41) is 0. The highest BCUT2D eigenvalue weighted by Crippen LogP contribution is 2.06. The largest absolute Gasteiger partial charge is 0.272 e. The highest BCUT2D eigenvalue weighted by atomic mass is 14.9. The van der Waals surface area contributed by atoms with Crippen LogP contribution in [0.2, 0.25) is 0 Å². The number of unbranched alkanes of at least 4 members (excludes halogenated alkanes) is 1. The van der Waals surface area contributed by atoms with Crippen molar-refractivity contribution in [1.29, 1.82) is 0 Å². The maximum absolute atomic E-state index is 5.69. The van der Waals surface area contributed by atoms with Gasteiger partial charge in [-0.2, -0.15) is 4.57 Å². The van der Waals surface area contributed by atoms with Crippen LogP contribution in [0, 0.1) is 24.2 Å². The van der Waals surface area contributed by atoms with E-state index < -0.39 is 0 Å². The molecule has 0 fully saturated rings. The third-order valence-electron chi connectivity index (χ3n) is 4.24. The summed E-state index contributed by atoms with van der Waals surface area (Å²) >= 11 is 0. The Labute approximate surface area is 156 Å². The van der Waals surface area contributed by atoms with Gasteiger partial charge in [-0.25, -0.2) is 0 Å². The van der Waals surface area contributed by atoms with E-state index in [1.54, 1.807) is 0 Å². The van der Waals surface area contributed by atoms with Gasteiger partial charge < -0.3 is 0 Å². The van der Waals surface area contributed by atoms with Crippen LogP contribution < -0.4 is 4.57 Å². The van der Waals surface area contributed by atoms with Gasteiger partial charge in [0.1, 0.15) is 5.56 Å². The second kappa shape index (κ2) is 9.26. The van der Waals surface area contributed by atoms with E-state index in [0.29, 0.717) is 0 Å². The number of hydrogen-bond acceptors (Lipinski definition) is 0. The number of pyridine rings is 1. The van der Waals surface area contributed by atoms with Crippen molar-refractivity contribution in [2.45, 2.75) is 25.8 Å². The van der Waals surface area contributed by atoms with Gasteiger partial charge in [-0.1, -0.05) is 72.5 Å². The van der Waals surface area contributed by atoms with Crippen molar-refractivity contribution in [3.8, 4) is 24.2 Å². The second-order valence-electron chi connectivity index (χ2n) is 6.17. The second-order valence-corrected chi connectivity index (χ2v) is 6.17. The zero-order valence-electron chi connectivity index (χ0n) is 14.9. The number of hydrogen-bond donors (Lipinski definition) is 0. The Kier molecular flexibility index (Phi) is 6.24. The Morgan fingerprint density at radius 1 is 0.808 bits per heavy atom. The van der Waals surface area contributed by atoms with E-state index in [1.807, 2.05) is 30.5 Å². The van der Waals surface area contributed by atoms with Crippen LogP contribution in [-0.4, -0.2) is 0 Å². The van der Waals surface area contributed by atoms with Crippen molar-refractivity contribution in [2.75, 3.05) is 0 Å². The lowest BCUT2D eigenvalue weighted by molar-refractivity contribution is -0.690. The van der Waals surface area contributed by atoms with Gasteiger partial charge in [0.2, 0.25) is 0 Å². The molecule has 2 aromatic carbocycles. The fourth-order valence-corrected chi connectivity index (χ4v) is 2.89. The Morgan fingerprint density at radius 3 is 2.19 bits per heavy atom. The first-order valence-electron chi connectivity index (χ1n) is 8.92. The third-order valence-corrected chi connectivity index (χ3v) is 4.24. The van der Waals surface area contributed by atoms with Gasteiger partial charge in [0, 0.05) is 24.0 Å². The summed E-state index contributed by atoms with van der Waals surface area (Å²) in [6.45, 7) is 0.768. The summed E-state index contributed by atoms with van der Waals surface area (Å²) in [7, 11) is 0. The SMILES string of the molecule is C#Cc1ccc[n+](Cc2ccccc2)c1C#CCCCc1ccccc1. The molecule has 0 bridgehead atoms. The number of terminal acetylenes is 1. The van der Waals surface area contributed by atoms with E-state index >= 15 is 0 Å². The molecular formula is C25H22N+. The van der Waals surface area contributed by atoms with Gasteiger partial charge in [-0.3, -0.25) is 0 Å². The molecule has 0 aliphatic heterocycles. The Morgan fingerprint density at radius 2 is 1.50 bits per heavy atom. The first-order chi connectivity index (χ1) is 12.9. The number of rotatable bonds is 5. The van der Waals surface area contributed by atoms with Crippen molar-refractivity contribution in [1.82, 2.24) is 0 Å². The first-order valence-corrected chi connectivity index (χ1v) is 8.92.